The van der Waals surface area contributed by atoms with Crippen LogP contribution in [0.1, 0.15) is 34.5 Å². The van der Waals surface area contributed by atoms with Gasteiger partial charge in [-0.1, -0.05) is 36.4 Å². The lowest BCUT2D eigenvalue weighted by atomic mass is 9.96. The van der Waals surface area contributed by atoms with E-state index < -0.39 is 5.72 Å². The molecule has 30 heavy (non-hydrogen) atoms. The van der Waals surface area contributed by atoms with Gasteiger partial charge in [-0.15, -0.1) is 6.58 Å². The number of aromatic nitrogens is 1. The van der Waals surface area contributed by atoms with E-state index in [2.05, 4.69) is 52.6 Å². The van der Waals surface area contributed by atoms with Crippen molar-refractivity contribution in [2.24, 2.45) is 0 Å². The predicted octanol–water partition coefficient (Wildman–Crippen LogP) is 4.25. The van der Waals surface area contributed by atoms with Crippen molar-refractivity contribution in [1.82, 2.24) is 14.8 Å². The number of nitrogens with zero attached hydrogens (tertiary/aromatic N) is 2. The molecule has 1 saturated heterocycles. The lowest BCUT2D eigenvalue weighted by molar-refractivity contribution is -0.0304. The van der Waals surface area contributed by atoms with Gasteiger partial charge in [-0.2, -0.15) is 0 Å². The summed E-state index contributed by atoms with van der Waals surface area (Å²) in [5.41, 5.74) is 3.97. The van der Waals surface area contributed by atoms with Crippen molar-refractivity contribution < 1.29 is 9.53 Å². The van der Waals surface area contributed by atoms with Crippen LogP contribution in [0, 0.1) is 6.92 Å². The number of benzene rings is 2. The van der Waals surface area contributed by atoms with Gasteiger partial charge < -0.3 is 14.6 Å². The summed E-state index contributed by atoms with van der Waals surface area (Å²) in [6, 6.07) is 16.1. The van der Waals surface area contributed by atoms with Crippen LogP contribution in [-0.2, 0) is 13.1 Å². The molecule has 1 N–H and O–H groups in total. The first-order valence-corrected chi connectivity index (χ1v) is 10.6. The molecular formula is C25H27N3O2. The van der Waals surface area contributed by atoms with Crippen LogP contribution in [0.25, 0.3) is 10.9 Å². The molecule has 2 aliphatic heterocycles. The van der Waals surface area contributed by atoms with E-state index in [1.165, 1.54) is 22.2 Å². The Hall–Kier alpha value is -3.05. The molecule has 5 rings (SSSR count). The fourth-order valence-corrected chi connectivity index (χ4v) is 4.84. The quantitative estimate of drug-likeness (QED) is 0.665. The second-order valence-electron chi connectivity index (χ2n) is 8.30. The summed E-state index contributed by atoms with van der Waals surface area (Å²) in [5, 5.41) is 4.44. The summed E-state index contributed by atoms with van der Waals surface area (Å²) in [4.78, 5) is 15.0. The van der Waals surface area contributed by atoms with E-state index in [9.17, 15) is 4.79 Å². The first kappa shape index (κ1) is 18.9. The number of carbonyl (C=O) groups excluding carboxylic acids is 1. The Morgan fingerprint density at radius 1 is 1.13 bits per heavy atom. The number of hydrogen-bond acceptors (Lipinski definition) is 3. The third-order valence-electron chi connectivity index (χ3n) is 6.50. The molecule has 0 atom stereocenters. The lowest BCUT2D eigenvalue weighted by Crippen LogP contribution is -2.60. The van der Waals surface area contributed by atoms with E-state index in [4.69, 9.17) is 4.74 Å². The SMILES string of the molecule is C=CCn1c(C)c(CN2CCC3(CC2)NC(=O)c2ccccc2O3)c2ccccc21. The molecule has 3 heterocycles. The number of amides is 1. The fraction of sp³-hybridized carbons (Fsp3) is 0.320. The Balaban J connectivity index is 1.35. The standard InChI is InChI=1S/C25H27N3O2/c1-3-14-28-18(2)21(19-8-4-6-10-22(19)28)17-27-15-12-25(13-16-27)26-24(29)20-9-5-7-11-23(20)30-25/h3-11H,1,12-17H2,2H3,(H,26,29). The molecule has 1 fully saturated rings. The van der Waals surface area contributed by atoms with Crippen molar-refractivity contribution in [3.63, 3.8) is 0 Å². The topological polar surface area (TPSA) is 46.5 Å². The van der Waals surface area contributed by atoms with Gasteiger partial charge >= 0.3 is 0 Å². The molecule has 154 valence electrons. The molecule has 0 bridgehead atoms. The predicted molar refractivity (Wildman–Crippen MR) is 119 cm³/mol. The van der Waals surface area contributed by atoms with Crippen molar-refractivity contribution >= 4 is 16.8 Å². The Morgan fingerprint density at radius 3 is 2.67 bits per heavy atom. The fourth-order valence-electron chi connectivity index (χ4n) is 4.84. The number of rotatable bonds is 4. The number of nitrogens with one attached hydrogen (secondary N) is 1. The first-order valence-electron chi connectivity index (χ1n) is 10.6. The van der Waals surface area contributed by atoms with Crippen LogP contribution in [0.3, 0.4) is 0 Å². The highest BCUT2D eigenvalue weighted by Crippen LogP contribution is 2.34. The number of ether oxygens (including phenoxy) is 1. The van der Waals surface area contributed by atoms with Gasteiger partial charge in [0.15, 0.2) is 5.72 Å². The van der Waals surface area contributed by atoms with Gasteiger partial charge in [0.25, 0.3) is 5.91 Å². The van der Waals surface area contributed by atoms with E-state index in [0.29, 0.717) is 11.3 Å². The Kier molecular flexibility index (Phi) is 4.63. The third-order valence-corrected chi connectivity index (χ3v) is 6.50. The second-order valence-corrected chi connectivity index (χ2v) is 8.30. The number of carbonyl (C=O) groups is 1. The van der Waals surface area contributed by atoms with Crippen LogP contribution in [0.5, 0.6) is 5.75 Å². The van der Waals surface area contributed by atoms with E-state index in [0.717, 1.165) is 39.0 Å². The molecule has 1 spiro atoms. The number of likely N-dealkylation sites (tertiary alicyclic amines) is 1. The van der Waals surface area contributed by atoms with Crippen molar-refractivity contribution in [2.45, 2.75) is 38.6 Å². The number of para-hydroxylation sites is 2. The normalized spacial score (nSPS) is 18.1. The number of fused-ring (bicyclic) bond motifs is 2. The molecule has 0 saturated carbocycles. The number of hydrogen-bond donors (Lipinski definition) is 1. The van der Waals surface area contributed by atoms with Gasteiger partial charge in [0.2, 0.25) is 0 Å². The third kappa shape index (κ3) is 3.10. The minimum atomic E-state index is -0.589. The van der Waals surface area contributed by atoms with Gasteiger partial charge in [0.1, 0.15) is 5.75 Å². The Morgan fingerprint density at radius 2 is 1.87 bits per heavy atom. The largest absolute Gasteiger partial charge is 0.467 e. The zero-order valence-electron chi connectivity index (χ0n) is 17.4. The van der Waals surface area contributed by atoms with Crippen LogP contribution >= 0.6 is 0 Å². The highest BCUT2D eigenvalue weighted by Gasteiger charge is 2.42. The van der Waals surface area contributed by atoms with Crippen molar-refractivity contribution in [2.75, 3.05) is 13.1 Å². The number of piperidine rings is 1. The lowest BCUT2D eigenvalue weighted by Gasteiger charge is -2.44. The van der Waals surface area contributed by atoms with Crippen LogP contribution in [0.4, 0.5) is 0 Å². The summed E-state index contributed by atoms with van der Waals surface area (Å²) in [7, 11) is 0. The zero-order chi connectivity index (χ0) is 20.7. The van der Waals surface area contributed by atoms with Crippen molar-refractivity contribution in [1.29, 1.82) is 0 Å². The summed E-state index contributed by atoms with van der Waals surface area (Å²) in [6.07, 6.45) is 3.50. The summed E-state index contributed by atoms with van der Waals surface area (Å²) in [5.74, 6) is 0.659. The zero-order valence-corrected chi connectivity index (χ0v) is 17.4. The molecule has 5 heteroatoms. The van der Waals surface area contributed by atoms with Gasteiger partial charge in [-0.3, -0.25) is 9.69 Å². The van der Waals surface area contributed by atoms with Crippen LogP contribution in [-0.4, -0.2) is 34.2 Å². The molecule has 0 radical (unpaired) electrons. The highest BCUT2D eigenvalue weighted by molar-refractivity contribution is 5.98. The minimum absolute atomic E-state index is 0.0337. The van der Waals surface area contributed by atoms with Gasteiger partial charge in [-0.25, -0.2) is 0 Å². The molecule has 5 nitrogen and oxygen atoms in total. The van der Waals surface area contributed by atoms with Crippen molar-refractivity contribution in [3.8, 4) is 5.75 Å². The van der Waals surface area contributed by atoms with E-state index in [1.54, 1.807) is 0 Å². The molecule has 0 unspecified atom stereocenters. The maximum Gasteiger partial charge on any atom is 0.258 e. The second kappa shape index (κ2) is 7.33. The smallest absolute Gasteiger partial charge is 0.258 e. The minimum Gasteiger partial charge on any atom is -0.467 e. The number of allylic oxidation sites excluding steroid dienone is 1. The molecule has 2 aliphatic rings. The maximum absolute atomic E-state index is 12.6. The van der Waals surface area contributed by atoms with Crippen LogP contribution in [0.15, 0.2) is 61.2 Å². The summed E-state index contributed by atoms with van der Waals surface area (Å²) >= 11 is 0. The van der Waals surface area contributed by atoms with Gasteiger partial charge in [-0.05, 0) is 30.7 Å². The van der Waals surface area contributed by atoms with E-state index in [1.807, 2.05) is 30.3 Å². The molecule has 3 aromatic rings. The average Bonchev–Trinajstić information content (AvgIpc) is 3.02. The molecule has 1 aromatic heterocycles. The summed E-state index contributed by atoms with van der Waals surface area (Å²) < 4.78 is 8.62. The van der Waals surface area contributed by atoms with Gasteiger partial charge in [0.05, 0.1) is 5.56 Å². The highest BCUT2D eigenvalue weighted by atomic mass is 16.5. The molecule has 0 aliphatic carbocycles. The molecule has 1 amide bonds. The summed E-state index contributed by atoms with van der Waals surface area (Å²) in [6.45, 7) is 9.59. The Bertz CT molecular complexity index is 1120. The van der Waals surface area contributed by atoms with E-state index >= 15 is 0 Å². The van der Waals surface area contributed by atoms with E-state index in [-0.39, 0.29) is 5.91 Å². The average molecular weight is 402 g/mol. The molecular weight excluding hydrogens is 374 g/mol. The first-order chi connectivity index (χ1) is 14.6. The Labute approximate surface area is 176 Å². The van der Waals surface area contributed by atoms with Crippen LogP contribution in [0.2, 0.25) is 0 Å². The van der Waals surface area contributed by atoms with Crippen LogP contribution < -0.4 is 10.1 Å². The molecule has 2 aromatic carbocycles. The van der Waals surface area contributed by atoms with Gasteiger partial charge in [0, 0.05) is 55.6 Å². The van der Waals surface area contributed by atoms with Crippen molar-refractivity contribution in [3.05, 3.63) is 78.0 Å². The monoisotopic (exact) mass is 401 g/mol. The maximum atomic E-state index is 12.6.